The maximum absolute atomic E-state index is 12.2. The second-order valence-electron chi connectivity index (χ2n) is 5.74. The van der Waals surface area contributed by atoms with Gasteiger partial charge in [0.1, 0.15) is 23.2 Å². The fourth-order valence-electron chi connectivity index (χ4n) is 2.94. The molecular formula is C20H20O5. The largest absolute Gasteiger partial charge is 0.512 e. The van der Waals surface area contributed by atoms with Crippen molar-refractivity contribution < 1.29 is 24.1 Å². The van der Waals surface area contributed by atoms with E-state index in [0.29, 0.717) is 5.75 Å². The number of benzene rings is 2. The Kier molecular flexibility index (Phi) is 5.05. The molecule has 0 fully saturated rings. The summed E-state index contributed by atoms with van der Waals surface area (Å²) in [6, 6.07) is 16.8. The van der Waals surface area contributed by atoms with E-state index in [4.69, 9.17) is 14.2 Å². The summed E-state index contributed by atoms with van der Waals surface area (Å²) in [4.78, 5) is 12.2. The number of carbonyl (C=O) groups excluding carboxylic acids is 1. The average Bonchev–Trinajstić information content (AvgIpc) is 2.67. The van der Waals surface area contributed by atoms with Gasteiger partial charge in [-0.25, -0.2) is 4.79 Å². The number of hydrogen-bond acceptors (Lipinski definition) is 5. The molecule has 25 heavy (non-hydrogen) atoms. The van der Waals surface area contributed by atoms with E-state index < -0.39 is 12.1 Å². The lowest BCUT2D eigenvalue weighted by atomic mass is 9.92. The van der Waals surface area contributed by atoms with Gasteiger partial charge in [-0.3, -0.25) is 0 Å². The van der Waals surface area contributed by atoms with Gasteiger partial charge in [0.15, 0.2) is 0 Å². The number of aliphatic hydroxyl groups is 1. The van der Waals surface area contributed by atoms with Gasteiger partial charge in [-0.1, -0.05) is 42.5 Å². The summed E-state index contributed by atoms with van der Waals surface area (Å²) in [6.45, 7) is 0. The van der Waals surface area contributed by atoms with E-state index in [1.807, 2.05) is 42.5 Å². The third-order valence-electron chi connectivity index (χ3n) is 4.25. The summed E-state index contributed by atoms with van der Waals surface area (Å²) in [7, 11) is 2.88. The number of carbonyl (C=O) groups is 1. The van der Waals surface area contributed by atoms with Crippen molar-refractivity contribution in [1.29, 1.82) is 0 Å². The van der Waals surface area contributed by atoms with Crippen molar-refractivity contribution in [3.63, 3.8) is 0 Å². The van der Waals surface area contributed by atoms with Crippen molar-refractivity contribution in [1.82, 2.24) is 0 Å². The van der Waals surface area contributed by atoms with Crippen LogP contribution in [0.1, 0.15) is 29.8 Å². The maximum Gasteiger partial charge on any atom is 0.340 e. The Balaban J connectivity index is 2.00. The van der Waals surface area contributed by atoms with Crippen LogP contribution in [0.5, 0.6) is 5.75 Å². The molecule has 0 saturated carbocycles. The van der Waals surface area contributed by atoms with E-state index in [2.05, 4.69) is 0 Å². The van der Waals surface area contributed by atoms with Crippen LogP contribution in [0.2, 0.25) is 0 Å². The summed E-state index contributed by atoms with van der Waals surface area (Å²) in [5, 5.41) is 10.5. The predicted molar refractivity (Wildman–Crippen MR) is 92.3 cm³/mol. The third-order valence-corrected chi connectivity index (χ3v) is 4.25. The van der Waals surface area contributed by atoms with E-state index in [1.165, 1.54) is 7.11 Å². The second-order valence-corrected chi connectivity index (χ2v) is 5.74. The molecule has 0 unspecified atom stereocenters. The van der Waals surface area contributed by atoms with Gasteiger partial charge in [0.2, 0.25) is 0 Å². The van der Waals surface area contributed by atoms with Crippen LogP contribution in [0.4, 0.5) is 0 Å². The van der Waals surface area contributed by atoms with Crippen LogP contribution in [0.3, 0.4) is 0 Å². The monoisotopic (exact) mass is 340 g/mol. The molecule has 0 aromatic heterocycles. The number of rotatable bonds is 4. The molecule has 1 N–H and O–H groups in total. The summed E-state index contributed by atoms with van der Waals surface area (Å²) in [5.74, 6) is 0.101. The summed E-state index contributed by atoms with van der Waals surface area (Å²) in [6.07, 6.45) is -0.833. The Bertz CT molecular complexity index is 764. The van der Waals surface area contributed by atoms with Gasteiger partial charge in [0, 0.05) is 6.42 Å². The first-order valence-corrected chi connectivity index (χ1v) is 7.98. The van der Waals surface area contributed by atoms with Crippen LogP contribution in [0.25, 0.3) is 0 Å². The van der Waals surface area contributed by atoms with E-state index in [1.54, 1.807) is 19.2 Å². The van der Waals surface area contributed by atoms with Gasteiger partial charge < -0.3 is 19.3 Å². The molecule has 1 heterocycles. The van der Waals surface area contributed by atoms with Crippen LogP contribution in [0, 0.1) is 0 Å². The molecule has 5 heteroatoms. The standard InChI is InChI=1S/C20H20O5/c1-23-15-10-8-14(9-11-15)19-18(20(22)24-2)16(21)12-17(25-19)13-6-4-3-5-7-13/h3-11,17,19,21H,12H2,1-2H3/t17-,19+/m0/s1. The highest BCUT2D eigenvalue weighted by molar-refractivity contribution is 5.90. The minimum absolute atomic E-state index is 0.00669. The normalized spacial score (nSPS) is 20.2. The van der Waals surface area contributed by atoms with Crippen molar-refractivity contribution in [2.24, 2.45) is 0 Å². The molecule has 0 spiro atoms. The zero-order valence-electron chi connectivity index (χ0n) is 14.1. The van der Waals surface area contributed by atoms with Gasteiger partial charge in [0.25, 0.3) is 0 Å². The van der Waals surface area contributed by atoms with Gasteiger partial charge in [-0.2, -0.15) is 0 Å². The van der Waals surface area contributed by atoms with Crippen LogP contribution in [-0.4, -0.2) is 25.3 Å². The summed E-state index contributed by atoms with van der Waals surface area (Å²) < 4.78 is 16.2. The minimum atomic E-state index is -0.711. The van der Waals surface area contributed by atoms with Crippen LogP contribution >= 0.6 is 0 Å². The van der Waals surface area contributed by atoms with E-state index in [0.717, 1.165) is 11.1 Å². The van der Waals surface area contributed by atoms with Crippen molar-refractivity contribution in [2.45, 2.75) is 18.6 Å². The van der Waals surface area contributed by atoms with Gasteiger partial charge in [-0.05, 0) is 23.3 Å². The number of hydrogen-bond donors (Lipinski definition) is 1. The van der Waals surface area contributed by atoms with Crippen molar-refractivity contribution in [3.05, 3.63) is 77.1 Å². The first-order valence-electron chi connectivity index (χ1n) is 7.98. The Hall–Kier alpha value is -2.79. The summed E-state index contributed by atoms with van der Waals surface area (Å²) >= 11 is 0. The lowest BCUT2D eigenvalue weighted by Crippen LogP contribution is -2.25. The number of esters is 1. The zero-order valence-corrected chi connectivity index (χ0v) is 14.1. The fourth-order valence-corrected chi connectivity index (χ4v) is 2.94. The SMILES string of the molecule is COC(=O)C1=C(O)C[C@@H](c2ccccc2)O[C@@H]1c1ccc(OC)cc1. The molecule has 1 aliphatic rings. The molecule has 0 radical (unpaired) electrons. The molecule has 0 aliphatic carbocycles. The van der Waals surface area contributed by atoms with E-state index in [-0.39, 0.29) is 23.9 Å². The van der Waals surface area contributed by atoms with E-state index in [9.17, 15) is 9.90 Å². The molecule has 1 aliphatic heterocycles. The highest BCUT2D eigenvalue weighted by Crippen LogP contribution is 2.42. The maximum atomic E-state index is 12.2. The molecule has 2 aromatic carbocycles. The fraction of sp³-hybridized carbons (Fsp3) is 0.250. The molecule has 5 nitrogen and oxygen atoms in total. The van der Waals surface area contributed by atoms with Gasteiger partial charge in [0.05, 0.1) is 20.3 Å². The van der Waals surface area contributed by atoms with Crippen molar-refractivity contribution in [3.8, 4) is 5.75 Å². The Morgan fingerprint density at radius 3 is 2.32 bits per heavy atom. The van der Waals surface area contributed by atoms with Crippen LogP contribution in [0.15, 0.2) is 65.9 Å². The molecule has 0 amide bonds. The minimum Gasteiger partial charge on any atom is -0.512 e. The topological polar surface area (TPSA) is 65.0 Å². The first kappa shape index (κ1) is 17.0. The summed E-state index contributed by atoms with van der Waals surface area (Å²) in [5.41, 5.74) is 1.82. The van der Waals surface area contributed by atoms with Gasteiger partial charge >= 0.3 is 5.97 Å². The molecule has 2 atom stereocenters. The van der Waals surface area contributed by atoms with E-state index >= 15 is 0 Å². The lowest BCUT2D eigenvalue weighted by molar-refractivity contribution is -0.140. The van der Waals surface area contributed by atoms with Crippen LogP contribution < -0.4 is 4.74 Å². The average molecular weight is 340 g/mol. The van der Waals surface area contributed by atoms with Crippen LogP contribution in [-0.2, 0) is 14.3 Å². The lowest BCUT2D eigenvalue weighted by Gasteiger charge is -2.31. The number of aliphatic hydroxyl groups excluding tert-OH is 1. The number of ether oxygens (including phenoxy) is 3. The Labute approximate surface area is 146 Å². The highest BCUT2D eigenvalue weighted by Gasteiger charge is 2.36. The van der Waals surface area contributed by atoms with Crippen molar-refractivity contribution in [2.75, 3.05) is 14.2 Å². The Morgan fingerprint density at radius 2 is 1.72 bits per heavy atom. The van der Waals surface area contributed by atoms with Gasteiger partial charge in [-0.15, -0.1) is 0 Å². The molecule has 2 aromatic rings. The third kappa shape index (κ3) is 3.51. The highest BCUT2D eigenvalue weighted by atomic mass is 16.5. The Morgan fingerprint density at radius 1 is 1.04 bits per heavy atom. The quantitative estimate of drug-likeness (QED) is 0.856. The second kappa shape index (κ2) is 7.40. The number of methoxy groups -OCH3 is 2. The van der Waals surface area contributed by atoms with Crippen molar-refractivity contribution >= 4 is 5.97 Å². The molecule has 0 bridgehead atoms. The predicted octanol–water partition coefficient (Wildman–Crippen LogP) is 3.88. The molecule has 130 valence electrons. The molecule has 0 saturated heterocycles. The molecule has 3 rings (SSSR count). The smallest absolute Gasteiger partial charge is 0.340 e. The first-order chi connectivity index (χ1) is 12.1. The molecular weight excluding hydrogens is 320 g/mol. The zero-order chi connectivity index (χ0) is 17.8.